The van der Waals surface area contributed by atoms with Gasteiger partial charge in [-0.15, -0.1) is 24.0 Å². The summed E-state index contributed by atoms with van der Waals surface area (Å²) in [4.78, 5) is 6.72. The topological polar surface area (TPSA) is 39.7 Å². The molecule has 0 atom stereocenters. The number of unbranched alkanes of at least 4 members (excludes halogenated alkanes) is 1. The first kappa shape index (κ1) is 21.0. The molecule has 0 radical (unpaired) electrons. The minimum absolute atomic E-state index is 0. The molecule has 1 aliphatic rings. The lowest BCUT2D eigenvalue weighted by molar-refractivity contribution is 0.323. The summed E-state index contributed by atoms with van der Waals surface area (Å²) in [6.45, 7) is 7.81. The van der Waals surface area contributed by atoms with Crippen molar-refractivity contribution in [2.45, 2.75) is 58.4 Å². The lowest BCUT2D eigenvalue weighted by Gasteiger charge is -2.28. The van der Waals surface area contributed by atoms with Crippen LogP contribution in [0.25, 0.3) is 0 Å². The first-order chi connectivity index (χ1) is 9.65. The zero-order valence-corrected chi connectivity index (χ0v) is 16.7. The largest absolute Gasteiger partial charge is 0.355 e. The third-order valence-electron chi connectivity index (χ3n) is 4.26. The van der Waals surface area contributed by atoms with Crippen molar-refractivity contribution in [3.05, 3.63) is 0 Å². The van der Waals surface area contributed by atoms with Crippen molar-refractivity contribution >= 4 is 29.9 Å². The maximum absolute atomic E-state index is 4.34. The number of guanidine groups is 1. The van der Waals surface area contributed by atoms with E-state index in [1.165, 1.54) is 45.1 Å². The smallest absolute Gasteiger partial charge is 0.191 e. The zero-order chi connectivity index (χ0) is 14.8. The standard InChI is InChI=1S/C16H34N4.HI/c1-5-6-12-20(4)13-11-18-16(17-3)19-15-9-7-14(2)8-10-15;/h14-15H,5-13H2,1-4H3,(H2,17,18,19);1H. The van der Waals surface area contributed by atoms with Crippen molar-refractivity contribution in [2.24, 2.45) is 10.9 Å². The molecule has 0 heterocycles. The second-order valence-corrected chi connectivity index (χ2v) is 6.26. The first-order valence-electron chi connectivity index (χ1n) is 8.31. The SMILES string of the molecule is CCCCN(C)CCNC(=NC)NC1CCC(C)CC1.I. The van der Waals surface area contributed by atoms with Gasteiger partial charge in [-0.25, -0.2) is 0 Å². The lowest BCUT2D eigenvalue weighted by atomic mass is 9.87. The molecular weight excluding hydrogens is 375 g/mol. The Labute approximate surface area is 148 Å². The fourth-order valence-electron chi connectivity index (χ4n) is 2.70. The van der Waals surface area contributed by atoms with Gasteiger partial charge in [-0.05, 0) is 51.6 Å². The number of halogens is 1. The third kappa shape index (κ3) is 9.55. The summed E-state index contributed by atoms with van der Waals surface area (Å²) in [5.41, 5.74) is 0. The van der Waals surface area contributed by atoms with Crippen molar-refractivity contribution < 1.29 is 0 Å². The van der Waals surface area contributed by atoms with Gasteiger partial charge in [-0.1, -0.05) is 20.3 Å². The highest BCUT2D eigenvalue weighted by atomic mass is 127. The van der Waals surface area contributed by atoms with Gasteiger partial charge in [0.2, 0.25) is 0 Å². The van der Waals surface area contributed by atoms with Gasteiger partial charge in [-0.2, -0.15) is 0 Å². The Morgan fingerprint density at radius 1 is 1.19 bits per heavy atom. The molecule has 0 bridgehead atoms. The van der Waals surface area contributed by atoms with E-state index < -0.39 is 0 Å². The van der Waals surface area contributed by atoms with Gasteiger partial charge in [0, 0.05) is 26.2 Å². The molecule has 2 N–H and O–H groups in total. The van der Waals surface area contributed by atoms with Crippen molar-refractivity contribution in [3.63, 3.8) is 0 Å². The van der Waals surface area contributed by atoms with Gasteiger partial charge in [0.05, 0.1) is 0 Å². The van der Waals surface area contributed by atoms with Crippen molar-refractivity contribution in [1.82, 2.24) is 15.5 Å². The summed E-state index contributed by atoms with van der Waals surface area (Å²) in [7, 11) is 4.05. The molecule has 0 amide bonds. The average molecular weight is 410 g/mol. The van der Waals surface area contributed by atoms with Crippen molar-refractivity contribution in [1.29, 1.82) is 0 Å². The normalized spacial score (nSPS) is 22.8. The first-order valence-corrected chi connectivity index (χ1v) is 8.31. The number of nitrogens with one attached hydrogen (secondary N) is 2. The average Bonchev–Trinajstić information content (AvgIpc) is 2.46. The van der Waals surface area contributed by atoms with Crippen LogP contribution in [0, 0.1) is 5.92 Å². The van der Waals surface area contributed by atoms with Crippen LogP contribution >= 0.6 is 24.0 Å². The summed E-state index contributed by atoms with van der Waals surface area (Å²) < 4.78 is 0. The predicted molar refractivity (Wildman–Crippen MR) is 104 cm³/mol. The highest BCUT2D eigenvalue weighted by Crippen LogP contribution is 2.23. The van der Waals surface area contributed by atoms with Gasteiger partial charge < -0.3 is 15.5 Å². The predicted octanol–water partition coefficient (Wildman–Crippen LogP) is 3.08. The molecule has 0 aromatic rings. The number of aliphatic imine (C=N–C) groups is 1. The molecule has 1 aliphatic carbocycles. The fourth-order valence-corrected chi connectivity index (χ4v) is 2.70. The van der Waals surface area contributed by atoms with E-state index in [4.69, 9.17) is 0 Å². The van der Waals surface area contributed by atoms with Gasteiger partial charge in [0.1, 0.15) is 0 Å². The maximum atomic E-state index is 4.34. The molecule has 1 saturated carbocycles. The van der Waals surface area contributed by atoms with Crippen LogP contribution < -0.4 is 10.6 Å². The Balaban J connectivity index is 0.00000400. The molecule has 0 aromatic carbocycles. The van der Waals surface area contributed by atoms with Gasteiger partial charge in [0.25, 0.3) is 0 Å². The van der Waals surface area contributed by atoms with Crippen LogP contribution in [0.1, 0.15) is 52.4 Å². The van der Waals surface area contributed by atoms with Crippen LogP contribution in [0.5, 0.6) is 0 Å². The Kier molecular flexibility index (Phi) is 12.5. The van der Waals surface area contributed by atoms with Crippen LogP contribution in [-0.2, 0) is 0 Å². The summed E-state index contributed by atoms with van der Waals surface area (Å²) >= 11 is 0. The Morgan fingerprint density at radius 2 is 1.86 bits per heavy atom. The molecule has 4 nitrogen and oxygen atoms in total. The summed E-state index contributed by atoms with van der Waals surface area (Å²) in [6.07, 6.45) is 7.78. The number of nitrogens with zero attached hydrogens (tertiary/aromatic N) is 2. The van der Waals surface area contributed by atoms with Crippen LogP contribution in [0.2, 0.25) is 0 Å². The van der Waals surface area contributed by atoms with Crippen LogP contribution in [-0.4, -0.2) is 50.6 Å². The van der Waals surface area contributed by atoms with E-state index in [1.807, 2.05) is 7.05 Å². The van der Waals surface area contributed by atoms with Crippen molar-refractivity contribution in [3.8, 4) is 0 Å². The lowest BCUT2D eigenvalue weighted by Crippen LogP contribution is -2.46. The van der Waals surface area contributed by atoms with Crippen LogP contribution in [0.3, 0.4) is 0 Å². The molecule has 0 spiro atoms. The van der Waals surface area contributed by atoms with Gasteiger partial charge >= 0.3 is 0 Å². The molecule has 0 unspecified atom stereocenters. The molecule has 0 saturated heterocycles. The van der Waals surface area contributed by atoms with Gasteiger partial charge in [0.15, 0.2) is 5.96 Å². The zero-order valence-electron chi connectivity index (χ0n) is 14.3. The third-order valence-corrected chi connectivity index (χ3v) is 4.26. The van der Waals surface area contributed by atoms with E-state index in [1.54, 1.807) is 0 Å². The van der Waals surface area contributed by atoms with E-state index >= 15 is 0 Å². The summed E-state index contributed by atoms with van der Waals surface area (Å²) in [5.74, 6) is 1.86. The Hall–Kier alpha value is -0.0400. The number of hydrogen-bond acceptors (Lipinski definition) is 2. The molecule has 21 heavy (non-hydrogen) atoms. The van der Waals surface area contributed by atoms with Gasteiger partial charge in [-0.3, -0.25) is 4.99 Å². The molecule has 0 aliphatic heterocycles. The monoisotopic (exact) mass is 410 g/mol. The molecule has 0 aromatic heterocycles. The van der Waals surface area contributed by atoms with E-state index in [2.05, 4.69) is 41.4 Å². The second-order valence-electron chi connectivity index (χ2n) is 6.26. The number of rotatable bonds is 7. The second kappa shape index (κ2) is 12.5. The molecular formula is C16H35IN4. The Bertz CT molecular complexity index is 275. The van der Waals surface area contributed by atoms with E-state index in [0.717, 1.165) is 25.0 Å². The quantitative estimate of drug-likeness (QED) is 0.385. The number of hydrogen-bond donors (Lipinski definition) is 2. The fraction of sp³-hybridized carbons (Fsp3) is 0.938. The van der Waals surface area contributed by atoms with Crippen LogP contribution in [0.15, 0.2) is 4.99 Å². The minimum atomic E-state index is 0. The molecule has 1 fully saturated rings. The Morgan fingerprint density at radius 3 is 2.43 bits per heavy atom. The van der Waals surface area contributed by atoms with E-state index in [9.17, 15) is 0 Å². The van der Waals surface area contributed by atoms with E-state index in [-0.39, 0.29) is 24.0 Å². The molecule has 5 heteroatoms. The maximum Gasteiger partial charge on any atom is 0.191 e. The minimum Gasteiger partial charge on any atom is -0.355 e. The molecule has 126 valence electrons. The summed E-state index contributed by atoms with van der Waals surface area (Å²) in [5, 5.41) is 7.00. The number of likely N-dealkylation sites (N-methyl/N-ethyl adjacent to an activating group) is 1. The summed E-state index contributed by atoms with van der Waals surface area (Å²) in [6, 6.07) is 0.607. The van der Waals surface area contributed by atoms with Crippen molar-refractivity contribution in [2.75, 3.05) is 33.7 Å². The highest BCUT2D eigenvalue weighted by Gasteiger charge is 2.18. The van der Waals surface area contributed by atoms with E-state index in [0.29, 0.717) is 6.04 Å². The highest BCUT2D eigenvalue weighted by molar-refractivity contribution is 14.0. The molecule has 1 rings (SSSR count). The van der Waals surface area contributed by atoms with Crippen LogP contribution in [0.4, 0.5) is 0 Å².